The molecule has 1 N–H and O–H groups in total. The number of aliphatic hydroxyl groups excluding tert-OH is 1. The lowest BCUT2D eigenvalue weighted by atomic mass is 9.72. The molecule has 3 heterocycles. The molecule has 2 fully saturated rings. The molecule has 1 saturated carbocycles. The fourth-order valence-electron chi connectivity index (χ4n) is 6.88. The highest BCUT2D eigenvalue weighted by Crippen LogP contribution is 2.58. The van der Waals surface area contributed by atoms with Crippen LogP contribution in [0.4, 0.5) is 8.78 Å². The SMILES string of the molecule is CO.Cc1cc2c(cnn2-c2ccc(F)cc2)cc1C12CC(c3ccccc3)CC1CN(Sc1cncc(F)c1)C2. The Labute approximate surface area is 243 Å². The van der Waals surface area contributed by atoms with Crippen LogP contribution in [0.2, 0.25) is 0 Å². The van der Waals surface area contributed by atoms with Gasteiger partial charge in [0.25, 0.3) is 0 Å². The van der Waals surface area contributed by atoms with E-state index in [4.69, 9.17) is 5.11 Å². The van der Waals surface area contributed by atoms with Crippen LogP contribution in [-0.2, 0) is 5.41 Å². The Balaban J connectivity index is 0.00000148. The molecular formula is C33H32F2N4OS. The number of benzene rings is 3. The number of hydrogen-bond acceptors (Lipinski definition) is 5. The highest BCUT2D eigenvalue weighted by molar-refractivity contribution is 7.97. The number of halogens is 2. The normalized spacial score (nSPS) is 22.0. The van der Waals surface area contributed by atoms with Gasteiger partial charge in [-0.1, -0.05) is 30.3 Å². The number of fused-ring (bicyclic) bond motifs is 2. The van der Waals surface area contributed by atoms with Gasteiger partial charge >= 0.3 is 0 Å². The summed E-state index contributed by atoms with van der Waals surface area (Å²) in [7, 11) is 1.00. The van der Waals surface area contributed by atoms with Crippen LogP contribution in [0.5, 0.6) is 0 Å². The predicted molar refractivity (Wildman–Crippen MR) is 159 cm³/mol. The van der Waals surface area contributed by atoms with Crippen molar-refractivity contribution < 1.29 is 13.9 Å². The summed E-state index contributed by atoms with van der Waals surface area (Å²) >= 11 is 1.61. The van der Waals surface area contributed by atoms with E-state index in [9.17, 15) is 8.78 Å². The largest absolute Gasteiger partial charge is 0.400 e. The van der Waals surface area contributed by atoms with Gasteiger partial charge in [-0.3, -0.25) is 4.98 Å². The Morgan fingerprint density at radius 1 is 0.927 bits per heavy atom. The molecule has 2 aromatic heterocycles. The van der Waals surface area contributed by atoms with Crippen LogP contribution in [0.15, 0.2) is 96.3 Å². The van der Waals surface area contributed by atoms with Gasteiger partial charge in [0.1, 0.15) is 11.6 Å². The molecule has 1 aliphatic heterocycles. The zero-order valence-corrected chi connectivity index (χ0v) is 23.9. The van der Waals surface area contributed by atoms with Gasteiger partial charge in [-0.2, -0.15) is 5.10 Å². The van der Waals surface area contributed by atoms with Crippen LogP contribution in [0.25, 0.3) is 16.6 Å². The number of aromatic nitrogens is 3. The van der Waals surface area contributed by atoms with E-state index in [1.807, 2.05) is 10.9 Å². The summed E-state index contributed by atoms with van der Waals surface area (Å²) in [4.78, 5) is 4.88. The molecule has 1 saturated heterocycles. The maximum atomic E-state index is 13.9. The van der Waals surface area contributed by atoms with E-state index >= 15 is 0 Å². The fourth-order valence-corrected chi connectivity index (χ4v) is 8.01. The highest BCUT2D eigenvalue weighted by Gasteiger charge is 2.54. The molecule has 5 nitrogen and oxygen atoms in total. The van der Waals surface area contributed by atoms with Crippen molar-refractivity contribution in [2.45, 2.75) is 36.0 Å². The third kappa shape index (κ3) is 5.16. The van der Waals surface area contributed by atoms with Crippen molar-refractivity contribution in [2.75, 3.05) is 20.2 Å². The molecule has 0 bridgehead atoms. The quantitative estimate of drug-likeness (QED) is 0.229. The molecule has 41 heavy (non-hydrogen) atoms. The van der Waals surface area contributed by atoms with Crippen molar-refractivity contribution in [3.8, 4) is 5.69 Å². The van der Waals surface area contributed by atoms with E-state index in [1.54, 1.807) is 36.3 Å². The topological polar surface area (TPSA) is 54.2 Å². The number of aryl methyl sites for hydroxylation is 1. The lowest BCUT2D eigenvalue weighted by molar-refractivity contribution is 0.394. The molecule has 1 aliphatic carbocycles. The van der Waals surface area contributed by atoms with Crippen LogP contribution < -0.4 is 0 Å². The second kappa shape index (κ2) is 11.4. The average molecular weight is 571 g/mol. The summed E-state index contributed by atoms with van der Waals surface area (Å²) in [6, 6.07) is 23.4. The van der Waals surface area contributed by atoms with Crippen LogP contribution in [-0.4, -0.2) is 44.4 Å². The summed E-state index contributed by atoms with van der Waals surface area (Å²) < 4.78 is 31.7. The van der Waals surface area contributed by atoms with Gasteiger partial charge in [-0.05, 0) is 103 Å². The van der Waals surface area contributed by atoms with Crippen molar-refractivity contribution in [3.63, 3.8) is 0 Å². The molecule has 3 unspecified atom stereocenters. The Morgan fingerprint density at radius 2 is 1.71 bits per heavy atom. The zero-order chi connectivity index (χ0) is 28.6. The second-order valence-corrected chi connectivity index (χ2v) is 12.1. The summed E-state index contributed by atoms with van der Waals surface area (Å²) in [5.74, 6) is 0.402. The minimum absolute atomic E-state index is 0.0233. The van der Waals surface area contributed by atoms with Crippen molar-refractivity contribution in [2.24, 2.45) is 5.92 Å². The van der Waals surface area contributed by atoms with Crippen LogP contribution >= 0.6 is 11.9 Å². The number of rotatable bonds is 5. The second-order valence-electron chi connectivity index (χ2n) is 10.9. The van der Waals surface area contributed by atoms with E-state index in [0.29, 0.717) is 11.8 Å². The van der Waals surface area contributed by atoms with Gasteiger partial charge in [0, 0.05) is 42.1 Å². The van der Waals surface area contributed by atoms with Crippen molar-refractivity contribution >= 4 is 22.9 Å². The number of nitrogens with zero attached hydrogens (tertiary/aromatic N) is 4. The van der Waals surface area contributed by atoms with Gasteiger partial charge in [-0.15, -0.1) is 0 Å². The van der Waals surface area contributed by atoms with Gasteiger partial charge in [-0.25, -0.2) is 17.8 Å². The van der Waals surface area contributed by atoms with E-state index < -0.39 is 0 Å². The van der Waals surface area contributed by atoms with Gasteiger partial charge in [0.2, 0.25) is 0 Å². The van der Waals surface area contributed by atoms with E-state index in [2.05, 4.69) is 63.8 Å². The maximum absolute atomic E-state index is 13.9. The summed E-state index contributed by atoms with van der Waals surface area (Å²) in [5.41, 5.74) is 5.85. The fraction of sp³-hybridized carbons (Fsp3) is 0.273. The first-order chi connectivity index (χ1) is 20.0. The summed E-state index contributed by atoms with van der Waals surface area (Å²) in [5, 5.41) is 12.7. The number of aliphatic hydroxyl groups is 1. The Kier molecular flexibility index (Phi) is 7.64. The lowest BCUT2D eigenvalue weighted by Gasteiger charge is -2.32. The van der Waals surface area contributed by atoms with Crippen molar-refractivity contribution in [1.29, 1.82) is 0 Å². The van der Waals surface area contributed by atoms with E-state index in [1.165, 1.54) is 35.0 Å². The molecule has 3 atom stereocenters. The first-order valence-electron chi connectivity index (χ1n) is 13.8. The van der Waals surface area contributed by atoms with Crippen molar-refractivity contribution in [3.05, 3.63) is 120 Å². The maximum Gasteiger partial charge on any atom is 0.142 e. The smallest absolute Gasteiger partial charge is 0.142 e. The van der Waals surface area contributed by atoms with Crippen molar-refractivity contribution in [1.82, 2.24) is 19.1 Å². The van der Waals surface area contributed by atoms with Gasteiger partial charge in [0.05, 0.1) is 23.6 Å². The molecule has 0 spiro atoms. The molecule has 3 aromatic carbocycles. The highest BCUT2D eigenvalue weighted by atomic mass is 32.2. The molecule has 5 aromatic rings. The number of hydrogen-bond donors (Lipinski definition) is 1. The molecule has 0 amide bonds. The number of pyridine rings is 1. The van der Waals surface area contributed by atoms with E-state index in [-0.39, 0.29) is 17.0 Å². The molecule has 0 radical (unpaired) electrons. The summed E-state index contributed by atoms with van der Waals surface area (Å²) in [6.45, 7) is 4.03. The zero-order valence-electron chi connectivity index (χ0n) is 23.0. The molecule has 8 heteroatoms. The first-order valence-corrected chi connectivity index (χ1v) is 14.5. The molecule has 7 rings (SSSR count). The molecular weight excluding hydrogens is 538 g/mol. The third-order valence-corrected chi connectivity index (χ3v) is 9.52. The van der Waals surface area contributed by atoms with Crippen LogP contribution in [0, 0.1) is 24.5 Å². The standard InChI is InChI=1S/C32H28F2N4S.CH4O/c1-21-11-31-24(16-36-38(31)28-9-7-26(33)8-10-28)13-30(21)32-15-23(22-5-3-2-4-6-22)12-25(32)19-37(20-32)39-29-14-27(34)17-35-18-29;1-2/h2-11,13-14,16-18,23,25H,12,15,19-20H2,1H3;2H,1H3. The average Bonchev–Trinajstić information content (AvgIpc) is 3.65. The molecule has 210 valence electrons. The van der Waals surface area contributed by atoms with Crippen LogP contribution in [0.3, 0.4) is 0 Å². The third-order valence-electron chi connectivity index (χ3n) is 8.55. The Hall–Kier alpha value is -3.59. The molecule has 2 aliphatic rings. The predicted octanol–water partition coefficient (Wildman–Crippen LogP) is 7.07. The van der Waals surface area contributed by atoms with Gasteiger partial charge < -0.3 is 5.11 Å². The minimum atomic E-state index is -0.308. The van der Waals surface area contributed by atoms with Gasteiger partial charge in [0.15, 0.2) is 0 Å². The van der Waals surface area contributed by atoms with Crippen LogP contribution in [0.1, 0.15) is 35.4 Å². The lowest BCUT2D eigenvalue weighted by Crippen LogP contribution is -2.32. The van der Waals surface area contributed by atoms with E-state index in [0.717, 1.165) is 54.5 Å². The minimum Gasteiger partial charge on any atom is -0.400 e. The summed E-state index contributed by atoms with van der Waals surface area (Å²) in [6.07, 6.45) is 7.09. The monoisotopic (exact) mass is 570 g/mol. The first kappa shape index (κ1) is 27.6. The Morgan fingerprint density at radius 3 is 2.46 bits per heavy atom. The Bertz CT molecular complexity index is 1660.